The zero-order valence-electron chi connectivity index (χ0n) is 14.3. The molecule has 2 aromatic heterocycles. The molecule has 0 amide bonds. The number of rotatable bonds is 5. The van der Waals surface area contributed by atoms with Gasteiger partial charge in [0.15, 0.2) is 0 Å². The SMILES string of the molecule is Cc1cnn(CCN2CCC(N(C)c3cc(C)ncn3)CC2)c1. The summed E-state index contributed by atoms with van der Waals surface area (Å²) in [5.74, 6) is 1.03. The molecule has 0 spiro atoms. The van der Waals surface area contributed by atoms with Crippen LogP contribution < -0.4 is 4.90 Å². The molecule has 23 heavy (non-hydrogen) atoms. The van der Waals surface area contributed by atoms with E-state index in [4.69, 9.17) is 0 Å². The molecule has 0 saturated carbocycles. The maximum Gasteiger partial charge on any atom is 0.132 e. The van der Waals surface area contributed by atoms with Gasteiger partial charge in [-0.2, -0.15) is 5.10 Å². The molecule has 3 heterocycles. The van der Waals surface area contributed by atoms with E-state index < -0.39 is 0 Å². The van der Waals surface area contributed by atoms with Crippen LogP contribution in [0.4, 0.5) is 5.82 Å². The molecule has 124 valence electrons. The average molecular weight is 314 g/mol. The summed E-state index contributed by atoms with van der Waals surface area (Å²) in [6, 6.07) is 2.62. The van der Waals surface area contributed by atoms with E-state index in [9.17, 15) is 0 Å². The van der Waals surface area contributed by atoms with Gasteiger partial charge >= 0.3 is 0 Å². The van der Waals surface area contributed by atoms with Gasteiger partial charge in [-0.3, -0.25) is 4.68 Å². The molecule has 1 aliphatic heterocycles. The van der Waals surface area contributed by atoms with E-state index in [2.05, 4.69) is 51.1 Å². The van der Waals surface area contributed by atoms with E-state index in [1.54, 1.807) is 6.33 Å². The Kier molecular flexibility index (Phi) is 4.91. The van der Waals surface area contributed by atoms with Gasteiger partial charge in [-0.25, -0.2) is 9.97 Å². The summed E-state index contributed by atoms with van der Waals surface area (Å²) in [6.45, 7) is 8.42. The molecule has 3 rings (SSSR count). The Hall–Kier alpha value is -1.95. The summed E-state index contributed by atoms with van der Waals surface area (Å²) < 4.78 is 2.04. The van der Waals surface area contributed by atoms with Crippen molar-refractivity contribution in [1.82, 2.24) is 24.6 Å². The third kappa shape index (κ3) is 4.07. The smallest absolute Gasteiger partial charge is 0.132 e. The lowest BCUT2D eigenvalue weighted by molar-refractivity contribution is 0.201. The number of likely N-dealkylation sites (tertiary alicyclic amines) is 1. The first kappa shape index (κ1) is 15.9. The summed E-state index contributed by atoms with van der Waals surface area (Å²) in [6.07, 6.45) is 8.04. The monoisotopic (exact) mass is 314 g/mol. The minimum absolute atomic E-state index is 0.562. The Morgan fingerprint density at radius 1 is 1.17 bits per heavy atom. The molecule has 0 radical (unpaired) electrons. The van der Waals surface area contributed by atoms with Crippen LogP contribution in [0.15, 0.2) is 24.8 Å². The van der Waals surface area contributed by atoms with Crippen molar-refractivity contribution >= 4 is 5.82 Å². The summed E-state index contributed by atoms with van der Waals surface area (Å²) in [5, 5.41) is 4.36. The maximum absolute atomic E-state index is 4.40. The van der Waals surface area contributed by atoms with Crippen LogP contribution in [-0.4, -0.2) is 57.4 Å². The van der Waals surface area contributed by atoms with Gasteiger partial charge in [-0.15, -0.1) is 0 Å². The highest BCUT2D eigenvalue weighted by atomic mass is 15.3. The number of hydrogen-bond acceptors (Lipinski definition) is 5. The first-order chi connectivity index (χ1) is 11.1. The lowest BCUT2D eigenvalue weighted by atomic mass is 10.0. The fraction of sp³-hybridized carbons (Fsp3) is 0.588. The standard InChI is InChI=1S/C17H26N6/c1-14-11-20-23(12-14)9-8-22-6-4-16(5-7-22)21(3)17-10-15(2)18-13-19-17/h10-13,16H,4-9H2,1-3H3. The summed E-state index contributed by atoms with van der Waals surface area (Å²) in [4.78, 5) is 13.4. The average Bonchev–Trinajstić information content (AvgIpc) is 2.98. The third-order valence-corrected chi connectivity index (χ3v) is 4.66. The fourth-order valence-electron chi connectivity index (χ4n) is 3.18. The quantitative estimate of drug-likeness (QED) is 0.843. The van der Waals surface area contributed by atoms with Crippen molar-refractivity contribution in [3.63, 3.8) is 0 Å². The molecule has 2 aromatic rings. The van der Waals surface area contributed by atoms with Gasteiger partial charge in [-0.05, 0) is 32.3 Å². The number of aromatic nitrogens is 4. The molecule has 0 unspecified atom stereocenters. The van der Waals surface area contributed by atoms with Crippen molar-refractivity contribution < 1.29 is 0 Å². The van der Waals surface area contributed by atoms with Crippen molar-refractivity contribution in [3.8, 4) is 0 Å². The van der Waals surface area contributed by atoms with Crippen LogP contribution in [0.1, 0.15) is 24.1 Å². The molecule has 1 fully saturated rings. The lowest BCUT2D eigenvalue weighted by Crippen LogP contribution is -2.44. The largest absolute Gasteiger partial charge is 0.356 e. The zero-order valence-corrected chi connectivity index (χ0v) is 14.3. The molecule has 0 aromatic carbocycles. The predicted octanol–water partition coefficient (Wildman–Crippen LogP) is 1.89. The van der Waals surface area contributed by atoms with Crippen LogP contribution in [0.5, 0.6) is 0 Å². The molecular weight excluding hydrogens is 288 g/mol. The van der Waals surface area contributed by atoms with Crippen LogP contribution in [0, 0.1) is 13.8 Å². The molecule has 6 heteroatoms. The van der Waals surface area contributed by atoms with Crippen molar-refractivity contribution in [1.29, 1.82) is 0 Å². The molecule has 0 aliphatic carbocycles. The first-order valence-corrected chi connectivity index (χ1v) is 8.35. The second-order valence-electron chi connectivity index (χ2n) is 6.48. The van der Waals surface area contributed by atoms with Crippen LogP contribution in [0.25, 0.3) is 0 Å². The second-order valence-corrected chi connectivity index (χ2v) is 6.48. The highest BCUT2D eigenvalue weighted by molar-refractivity contribution is 5.39. The summed E-state index contributed by atoms with van der Waals surface area (Å²) in [5.41, 5.74) is 2.25. The normalized spacial score (nSPS) is 16.7. The molecule has 0 atom stereocenters. The van der Waals surface area contributed by atoms with Crippen molar-refractivity contribution in [2.75, 3.05) is 31.6 Å². The van der Waals surface area contributed by atoms with E-state index in [0.29, 0.717) is 6.04 Å². The van der Waals surface area contributed by atoms with Gasteiger partial charge in [0.2, 0.25) is 0 Å². The van der Waals surface area contributed by atoms with Crippen LogP contribution in [0.3, 0.4) is 0 Å². The Bertz CT molecular complexity index is 630. The highest BCUT2D eigenvalue weighted by Crippen LogP contribution is 2.20. The van der Waals surface area contributed by atoms with Gasteiger partial charge in [0.25, 0.3) is 0 Å². The Morgan fingerprint density at radius 3 is 2.61 bits per heavy atom. The Balaban J connectivity index is 1.48. The summed E-state index contributed by atoms with van der Waals surface area (Å²) in [7, 11) is 2.15. The number of nitrogens with zero attached hydrogens (tertiary/aromatic N) is 6. The highest BCUT2D eigenvalue weighted by Gasteiger charge is 2.23. The van der Waals surface area contributed by atoms with Gasteiger partial charge in [0.1, 0.15) is 12.1 Å². The Morgan fingerprint density at radius 2 is 1.96 bits per heavy atom. The van der Waals surface area contributed by atoms with Crippen LogP contribution in [-0.2, 0) is 6.54 Å². The zero-order chi connectivity index (χ0) is 16.2. The van der Waals surface area contributed by atoms with Gasteiger partial charge < -0.3 is 9.80 Å². The number of anilines is 1. The predicted molar refractivity (Wildman–Crippen MR) is 91.6 cm³/mol. The van der Waals surface area contributed by atoms with E-state index in [0.717, 1.165) is 37.7 Å². The fourth-order valence-corrected chi connectivity index (χ4v) is 3.18. The van der Waals surface area contributed by atoms with Crippen LogP contribution in [0.2, 0.25) is 0 Å². The number of hydrogen-bond donors (Lipinski definition) is 0. The maximum atomic E-state index is 4.40. The van der Waals surface area contributed by atoms with E-state index in [-0.39, 0.29) is 0 Å². The van der Waals surface area contributed by atoms with Gasteiger partial charge in [0.05, 0.1) is 12.7 Å². The third-order valence-electron chi connectivity index (χ3n) is 4.66. The van der Waals surface area contributed by atoms with Gasteiger partial charge in [-0.1, -0.05) is 0 Å². The molecular formula is C17H26N6. The second kappa shape index (κ2) is 7.08. The minimum atomic E-state index is 0.562. The van der Waals surface area contributed by atoms with E-state index in [1.165, 1.54) is 18.4 Å². The van der Waals surface area contributed by atoms with Crippen molar-refractivity contribution in [2.45, 2.75) is 39.3 Å². The lowest BCUT2D eigenvalue weighted by Gasteiger charge is -2.37. The molecule has 0 N–H and O–H groups in total. The van der Waals surface area contributed by atoms with E-state index in [1.807, 2.05) is 17.8 Å². The van der Waals surface area contributed by atoms with Crippen LogP contribution >= 0.6 is 0 Å². The summed E-state index contributed by atoms with van der Waals surface area (Å²) >= 11 is 0. The Labute approximate surface area is 138 Å². The number of piperidine rings is 1. The molecule has 6 nitrogen and oxygen atoms in total. The first-order valence-electron chi connectivity index (χ1n) is 8.35. The number of aryl methyl sites for hydroxylation is 2. The minimum Gasteiger partial charge on any atom is -0.356 e. The van der Waals surface area contributed by atoms with Crippen molar-refractivity contribution in [2.24, 2.45) is 0 Å². The van der Waals surface area contributed by atoms with Crippen molar-refractivity contribution in [3.05, 3.63) is 36.0 Å². The molecule has 1 saturated heterocycles. The molecule has 1 aliphatic rings. The molecule has 0 bridgehead atoms. The van der Waals surface area contributed by atoms with E-state index >= 15 is 0 Å². The van der Waals surface area contributed by atoms with Gasteiger partial charge in [0, 0.05) is 50.7 Å². The topological polar surface area (TPSA) is 50.1 Å².